The largest absolute Gasteiger partial charge is 0.488 e. The molecule has 0 aliphatic heterocycles. The number of esters is 1. The molecule has 1 rings (SSSR count). The number of ether oxygens (including phenoxy) is 3. The van der Waals surface area contributed by atoms with E-state index in [2.05, 4.69) is 0 Å². The van der Waals surface area contributed by atoms with Crippen LogP contribution in [0, 0.1) is 0 Å². The molecule has 112 valence electrons. The van der Waals surface area contributed by atoms with E-state index in [1.165, 1.54) is 7.11 Å². The third kappa shape index (κ3) is 5.99. The molecule has 4 nitrogen and oxygen atoms in total. The van der Waals surface area contributed by atoms with E-state index >= 15 is 0 Å². The zero-order valence-electron chi connectivity index (χ0n) is 11.5. The van der Waals surface area contributed by atoms with Crippen LogP contribution in [-0.4, -0.2) is 32.4 Å². The number of halogens is 2. The normalized spacial score (nSPS) is 12.0. The molecule has 0 aliphatic carbocycles. The van der Waals surface area contributed by atoms with Gasteiger partial charge in [-0.25, -0.2) is 0 Å². The average molecular weight is 321 g/mol. The van der Waals surface area contributed by atoms with Crippen molar-refractivity contribution in [3.05, 3.63) is 28.2 Å². The van der Waals surface area contributed by atoms with Gasteiger partial charge in [-0.2, -0.15) is 0 Å². The van der Waals surface area contributed by atoms with Gasteiger partial charge in [0.05, 0.1) is 11.6 Å². The Morgan fingerprint density at radius 3 is 2.65 bits per heavy atom. The highest BCUT2D eigenvalue weighted by Crippen LogP contribution is 2.27. The lowest BCUT2D eigenvalue weighted by Crippen LogP contribution is -2.29. The molecule has 0 radical (unpaired) electrons. The van der Waals surface area contributed by atoms with E-state index < -0.39 is 6.10 Å². The van der Waals surface area contributed by atoms with Crippen molar-refractivity contribution in [2.24, 2.45) is 0 Å². The van der Waals surface area contributed by atoms with Crippen molar-refractivity contribution in [3.8, 4) is 5.75 Å². The smallest absolute Gasteiger partial charge is 0.306 e. The van der Waals surface area contributed by atoms with Crippen molar-refractivity contribution in [2.75, 3.05) is 20.3 Å². The van der Waals surface area contributed by atoms with E-state index in [1.807, 2.05) is 6.92 Å². The molecule has 1 unspecified atom stereocenters. The number of hydrogen-bond acceptors (Lipinski definition) is 4. The van der Waals surface area contributed by atoms with Gasteiger partial charge < -0.3 is 14.2 Å². The zero-order chi connectivity index (χ0) is 15.0. The Labute approximate surface area is 128 Å². The average Bonchev–Trinajstić information content (AvgIpc) is 2.38. The monoisotopic (exact) mass is 320 g/mol. The quantitative estimate of drug-likeness (QED) is 0.684. The molecule has 20 heavy (non-hydrogen) atoms. The van der Waals surface area contributed by atoms with Gasteiger partial charge in [-0.15, -0.1) is 0 Å². The molecule has 1 aromatic rings. The van der Waals surface area contributed by atoms with Gasteiger partial charge in [-0.05, 0) is 24.6 Å². The number of hydrogen-bond donors (Lipinski definition) is 0. The Bertz CT molecular complexity index is 437. The molecular weight excluding hydrogens is 303 g/mol. The van der Waals surface area contributed by atoms with Gasteiger partial charge in [-0.3, -0.25) is 4.79 Å². The van der Waals surface area contributed by atoms with Crippen LogP contribution in [0.2, 0.25) is 10.0 Å². The lowest BCUT2D eigenvalue weighted by Gasteiger charge is -2.18. The molecule has 0 N–H and O–H groups in total. The first-order chi connectivity index (χ1) is 9.56. The predicted molar refractivity (Wildman–Crippen MR) is 78.6 cm³/mol. The molecule has 0 saturated heterocycles. The molecule has 6 heteroatoms. The van der Waals surface area contributed by atoms with Gasteiger partial charge in [0.1, 0.15) is 12.4 Å². The fourth-order valence-corrected chi connectivity index (χ4v) is 1.99. The first-order valence-electron chi connectivity index (χ1n) is 6.33. The van der Waals surface area contributed by atoms with Gasteiger partial charge in [0, 0.05) is 18.6 Å². The van der Waals surface area contributed by atoms with Crippen LogP contribution in [-0.2, 0) is 14.3 Å². The van der Waals surface area contributed by atoms with Crippen molar-refractivity contribution in [2.45, 2.75) is 25.9 Å². The molecule has 0 heterocycles. The maximum Gasteiger partial charge on any atom is 0.306 e. The van der Waals surface area contributed by atoms with Gasteiger partial charge in [0.25, 0.3) is 0 Å². The maximum absolute atomic E-state index is 11.5. The van der Waals surface area contributed by atoms with Crippen LogP contribution in [0.5, 0.6) is 5.75 Å². The molecule has 0 amide bonds. The Morgan fingerprint density at radius 2 is 2.05 bits per heavy atom. The lowest BCUT2D eigenvalue weighted by atomic mass is 10.3. The highest BCUT2D eigenvalue weighted by atomic mass is 35.5. The Kier molecular flexibility index (Phi) is 7.73. The topological polar surface area (TPSA) is 44.8 Å². The number of carbonyl (C=O) groups excluding carboxylic acids is 1. The minimum absolute atomic E-state index is 0.171. The summed E-state index contributed by atoms with van der Waals surface area (Å²) in [5.41, 5.74) is 0. The summed E-state index contributed by atoms with van der Waals surface area (Å²) in [4.78, 5) is 11.5. The summed E-state index contributed by atoms with van der Waals surface area (Å²) in [6, 6.07) is 4.94. The molecular formula is C14H18Cl2O4. The lowest BCUT2D eigenvalue weighted by molar-refractivity contribution is -0.153. The minimum atomic E-state index is -0.467. The van der Waals surface area contributed by atoms with Gasteiger partial charge in [0.2, 0.25) is 0 Å². The van der Waals surface area contributed by atoms with Crippen LogP contribution in [0.4, 0.5) is 0 Å². The van der Waals surface area contributed by atoms with Crippen molar-refractivity contribution in [3.63, 3.8) is 0 Å². The van der Waals surface area contributed by atoms with Crippen molar-refractivity contribution in [1.82, 2.24) is 0 Å². The van der Waals surface area contributed by atoms with Gasteiger partial charge >= 0.3 is 5.97 Å². The van der Waals surface area contributed by atoms with Crippen LogP contribution in [0.15, 0.2) is 18.2 Å². The predicted octanol–water partition coefficient (Wildman–Crippen LogP) is 3.73. The number of methoxy groups -OCH3 is 1. The second kappa shape index (κ2) is 9.06. The molecule has 0 aliphatic rings. The molecule has 0 aromatic heterocycles. The van der Waals surface area contributed by atoms with Crippen LogP contribution in [0.1, 0.15) is 19.8 Å². The molecule has 0 bridgehead atoms. The fraction of sp³-hybridized carbons (Fsp3) is 0.500. The minimum Gasteiger partial charge on any atom is -0.488 e. The summed E-state index contributed by atoms with van der Waals surface area (Å²) < 4.78 is 15.8. The molecule has 0 saturated carbocycles. The molecule has 1 aromatic carbocycles. The highest BCUT2D eigenvalue weighted by Gasteiger charge is 2.15. The van der Waals surface area contributed by atoms with Crippen molar-refractivity contribution >= 4 is 29.2 Å². The van der Waals surface area contributed by atoms with E-state index in [0.717, 1.165) is 6.42 Å². The fourth-order valence-electron chi connectivity index (χ4n) is 1.53. The molecule has 0 fully saturated rings. The molecule has 1 atom stereocenters. The second-order valence-corrected chi connectivity index (χ2v) is 5.05. The Balaban J connectivity index is 2.55. The van der Waals surface area contributed by atoms with E-state index in [0.29, 0.717) is 22.2 Å². The highest BCUT2D eigenvalue weighted by molar-refractivity contribution is 6.35. The third-order valence-electron chi connectivity index (χ3n) is 2.42. The van der Waals surface area contributed by atoms with Crippen molar-refractivity contribution in [1.29, 1.82) is 0 Å². The van der Waals surface area contributed by atoms with E-state index in [4.69, 9.17) is 37.4 Å². The summed E-state index contributed by atoms with van der Waals surface area (Å²) in [5.74, 6) is 0.226. The summed E-state index contributed by atoms with van der Waals surface area (Å²) in [5, 5.41) is 0.943. The number of rotatable bonds is 8. The summed E-state index contributed by atoms with van der Waals surface area (Å²) >= 11 is 11.8. The summed E-state index contributed by atoms with van der Waals surface area (Å²) in [6.45, 7) is 2.35. The third-order valence-corrected chi connectivity index (χ3v) is 2.95. The zero-order valence-corrected chi connectivity index (χ0v) is 13.0. The van der Waals surface area contributed by atoms with Crippen molar-refractivity contribution < 1.29 is 19.0 Å². The first kappa shape index (κ1) is 17.1. The SMILES string of the molecule is CCCC(=O)OC(COC)COc1ccc(Cl)cc1Cl. The van der Waals surface area contributed by atoms with E-state index in [-0.39, 0.29) is 19.2 Å². The number of benzene rings is 1. The molecule has 0 spiro atoms. The summed E-state index contributed by atoms with van der Waals surface area (Å²) in [6.07, 6.45) is 0.649. The van der Waals surface area contributed by atoms with Gasteiger partial charge in [-0.1, -0.05) is 30.1 Å². The van der Waals surface area contributed by atoms with Crippen LogP contribution >= 0.6 is 23.2 Å². The van der Waals surface area contributed by atoms with Gasteiger partial charge in [0.15, 0.2) is 6.10 Å². The second-order valence-electron chi connectivity index (χ2n) is 4.20. The number of carbonyl (C=O) groups is 1. The Morgan fingerprint density at radius 1 is 1.30 bits per heavy atom. The maximum atomic E-state index is 11.5. The standard InChI is InChI=1S/C14H18Cl2O4/c1-3-4-14(17)20-11(8-18-2)9-19-13-6-5-10(15)7-12(13)16/h5-7,11H,3-4,8-9H2,1-2H3. The van der Waals surface area contributed by atoms with Crippen LogP contribution in [0.25, 0.3) is 0 Å². The Hall–Kier alpha value is -0.970. The van der Waals surface area contributed by atoms with E-state index in [9.17, 15) is 4.79 Å². The summed E-state index contributed by atoms with van der Waals surface area (Å²) in [7, 11) is 1.54. The van der Waals surface area contributed by atoms with Crippen LogP contribution in [0.3, 0.4) is 0 Å². The van der Waals surface area contributed by atoms with E-state index in [1.54, 1.807) is 18.2 Å². The van der Waals surface area contributed by atoms with Crippen LogP contribution < -0.4 is 4.74 Å². The first-order valence-corrected chi connectivity index (χ1v) is 7.08.